The predicted molar refractivity (Wildman–Crippen MR) is 60.4 cm³/mol. The third kappa shape index (κ3) is 2.33. The second kappa shape index (κ2) is 4.52. The summed E-state index contributed by atoms with van der Waals surface area (Å²) in [6.45, 7) is 10.9. The molecule has 88 valence electrons. The summed E-state index contributed by atoms with van der Waals surface area (Å²) in [6.07, 6.45) is 1.75. The molecule has 0 saturated carbocycles. The Bertz CT molecular complexity index is 234. The number of ether oxygens (including phenoxy) is 1. The third-order valence-corrected chi connectivity index (χ3v) is 3.27. The average Bonchev–Trinajstić information content (AvgIpc) is 2.42. The number of hydrogen-bond donors (Lipinski definition) is 0. The molecule has 3 nitrogen and oxygen atoms in total. The first-order valence-electron chi connectivity index (χ1n) is 5.88. The second-order valence-electron chi connectivity index (χ2n) is 4.94. The molecule has 1 fully saturated rings. The number of rotatable bonds is 3. The van der Waals surface area contributed by atoms with Crippen molar-refractivity contribution in [3.05, 3.63) is 0 Å². The fourth-order valence-corrected chi connectivity index (χ4v) is 2.27. The van der Waals surface area contributed by atoms with Crippen molar-refractivity contribution in [3.63, 3.8) is 0 Å². The lowest BCUT2D eigenvalue weighted by atomic mass is 9.97. The second-order valence-corrected chi connectivity index (χ2v) is 4.94. The number of amides is 1. The molecule has 0 aliphatic carbocycles. The minimum atomic E-state index is -0.154. The Kier molecular flexibility index (Phi) is 3.77. The van der Waals surface area contributed by atoms with Gasteiger partial charge >= 0.3 is 0 Å². The molecule has 1 rings (SSSR count). The third-order valence-electron chi connectivity index (χ3n) is 3.27. The minimum absolute atomic E-state index is 0.0758. The molecule has 3 heteroatoms. The molecule has 1 unspecified atom stereocenters. The molecule has 15 heavy (non-hydrogen) atoms. The van der Waals surface area contributed by atoms with Crippen LogP contribution in [0.5, 0.6) is 0 Å². The van der Waals surface area contributed by atoms with Gasteiger partial charge in [-0.25, -0.2) is 0 Å². The first kappa shape index (κ1) is 12.5. The lowest BCUT2D eigenvalue weighted by Gasteiger charge is -2.34. The maximum Gasteiger partial charge on any atom is 0.228 e. The molecule has 1 saturated heterocycles. The Morgan fingerprint density at radius 3 is 2.33 bits per heavy atom. The summed E-state index contributed by atoms with van der Waals surface area (Å²) < 4.78 is 5.55. The van der Waals surface area contributed by atoms with Crippen molar-refractivity contribution in [1.82, 2.24) is 4.90 Å². The monoisotopic (exact) mass is 213 g/mol. The van der Waals surface area contributed by atoms with Crippen LogP contribution in [-0.2, 0) is 9.53 Å². The van der Waals surface area contributed by atoms with E-state index in [-0.39, 0.29) is 23.6 Å². The molecule has 0 N–H and O–H groups in total. The van der Waals surface area contributed by atoms with Gasteiger partial charge < -0.3 is 9.64 Å². The Balaban J connectivity index is 2.81. The Hall–Kier alpha value is -0.570. The molecule has 1 atom stereocenters. The summed E-state index contributed by atoms with van der Waals surface area (Å²) in [5, 5.41) is 0. The maximum absolute atomic E-state index is 12.3. The van der Waals surface area contributed by atoms with E-state index in [4.69, 9.17) is 4.74 Å². The highest BCUT2D eigenvalue weighted by Gasteiger charge is 2.42. The van der Waals surface area contributed by atoms with Gasteiger partial charge in [0.15, 0.2) is 0 Å². The van der Waals surface area contributed by atoms with E-state index in [9.17, 15) is 4.79 Å². The quantitative estimate of drug-likeness (QED) is 0.720. The van der Waals surface area contributed by atoms with Gasteiger partial charge in [-0.3, -0.25) is 4.79 Å². The van der Waals surface area contributed by atoms with Crippen molar-refractivity contribution < 1.29 is 9.53 Å². The number of nitrogens with zero attached hydrogens (tertiary/aromatic N) is 1. The van der Waals surface area contributed by atoms with Crippen molar-refractivity contribution in [3.8, 4) is 0 Å². The zero-order valence-electron chi connectivity index (χ0n) is 10.5. The summed E-state index contributed by atoms with van der Waals surface area (Å²) >= 11 is 0. The topological polar surface area (TPSA) is 29.5 Å². The molecule has 0 aromatic carbocycles. The van der Waals surface area contributed by atoms with Crippen LogP contribution in [0.2, 0.25) is 0 Å². The molecule has 0 spiro atoms. The summed E-state index contributed by atoms with van der Waals surface area (Å²) in [7, 11) is 0. The molecule has 0 aromatic heterocycles. The first-order valence-corrected chi connectivity index (χ1v) is 5.88. The van der Waals surface area contributed by atoms with Crippen LogP contribution in [0.4, 0.5) is 0 Å². The standard InChI is InChI=1S/C12H23NO2/c1-6-10(7-2)11(14)13-9(3)15-8-12(13,4)5/h9-10H,6-8H2,1-5H3. The molecule has 0 bridgehead atoms. The van der Waals surface area contributed by atoms with E-state index in [1.165, 1.54) is 0 Å². The van der Waals surface area contributed by atoms with Crippen LogP contribution in [0.3, 0.4) is 0 Å². The van der Waals surface area contributed by atoms with E-state index < -0.39 is 0 Å². The number of carbonyl (C=O) groups is 1. The van der Waals surface area contributed by atoms with E-state index in [0.29, 0.717) is 6.61 Å². The summed E-state index contributed by atoms with van der Waals surface area (Å²) in [6, 6.07) is 0. The van der Waals surface area contributed by atoms with E-state index in [1.807, 2.05) is 11.8 Å². The van der Waals surface area contributed by atoms with E-state index in [1.54, 1.807) is 0 Å². The van der Waals surface area contributed by atoms with E-state index in [0.717, 1.165) is 12.8 Å². The van der Waals surface area contributed by atoms with Gasteiger partial charge in [-0.05, 0) is 33.6 Å². The van der Waals surface area contributed by atoms with Gasteiger partial charge in [-0.15, -0.1) is 0 Å². The molecule has 1 aliphatic heterocycles. The highest BCUT2D eigenvalue weighted by molar-refractivity contribution is 5.80. The zero-order chi connectivity index (χ0) is 11.6. The van der Waals surface area contributed by atoms with Crippen molar-refractivity contribution in [2.75, 3.05) is 6.61 Å². The van der Waals surface area contributed by atoms with Gasteiger partial charge in [0.1, 0.15) is 6.23 Å². The van der Waals surface area contributed by atoms with Gasteiger partial charge in [0.25, 0.3) is 0 Å². The van der Waals surface area contributed by atoms with Crippen LogP contribution >= 0.6 is 0 Å². The van der Waals surface area contributed by atoms with Crippen molar-refractivity contribution in [1.29, 1.82) is 0 Å². The first-order chi connectivity index (χ1) is 6.94. The lowest BCUT2D eigenvalue weighted by Crippen LogP contribution is -2.49. The Labute approximate surface area is 92.8 Å². The highest BCUT2D eigenvalue weighted by atomic mass is 16.5. The molecule has 1 amide bonds. The van der Waals surface area contributed by atoms with Crippen LogP contribution < -0.4 is 0 Å². The van der Waals surface area contributed by atoms with Crippen molar-refractivity contribution in [2.24, 2.45) is 5.92 Å². The van der Waals surface area contributed by atoms with E-state index in [2.05, 4.69) is 27.7 Å². The van der Waals surface area contributed by atoms with Crippen LogP contribution in [-0.4, -0.2) is 29.2 Å². The van der Waals surface area contributed by atoms with Gasteiger partial charge in [-0.1, -0.05) is 13.8 Å². The molecule has 0 aromatic rings. The molecular formula is C12H23NO2. The van der Waals surface area contributed by atoms with Crippen LogP contribution in [0.1, 0.15) is 47.5 Å². The molecular weight excluding hydrogens is 190 g/mol. The lowest BCUT2D eigenvalue weighted by molar-refractivity contribution is -0.143. The smallest absolute Gasteiger partial charge is 0.228 e. The largest absolute Gasteiger partial charge is 0.356 e. The summed E-state index contributed by atoms with van der Waals surface area (Å²) in [5.41, 5.74) is -0.154. The number of hydrogen-bond acceptors (Lipinski definition) is 2. The maximum atomic E-state index is 12.3. The van der Waals surface area contributed by atoms with Crippen molar-refractivity contribution in [2.45, 2.75) is 59.2 Å². The molecule has 1 heterocycles. The number of carbonyl (C=O) groups excluding carboxylic acids is 1. The van der Waals surface area contributed by atoms with Gasteiger partial charge in [-0.2, -0.15) is 0 Å². The predicted octanol–water partition coefficient (Wildman–Crippen LogP) is 2.41. The average molecular weight is 213 g/mol. The zero-order valence-corrected chi connectivity index (χ0v) is 10.5. The fourth-order valence-electron chi connectivity index (χ4n) is 2.27. The van der Waals surface area contributed by atoms with Crippen LogP contribution in [0.25, 0.3) is 0 Å². The normalized spacial score (nSPS) is 24.9. The van der Waals surface area contributed by atoms with Crippen LogP contribution in [0.15, 0.2) is 0 Å². The van der Waals surface area contributed by atoms with Gasteiger partial charge in [0.05, 0.1) is 12.1 Å². The van der Waals surface area contributed by atoms with Gasteiger partial charge in [0, 0.05) is 5.92 Å². The SMILES string of the molecule is CCC(CC)C(=O)N1C(C)OCC1(C)C. The van der Waals surface area contributed by atoms with E-state index >= 15 is 0 Å². The van der Waals surface area contributed by atoms with Crippen LogP contribution in [0, 0.1) is 5.92 Å². The van der Waals surface area contributed by atoms with Crippen molar-refractivity contribution >= 4 is 5.91 Å². The highest BCUT2D eigenvalue weighted by Crippen LogP contribution is 2.29. The summed E-state index contributed by atoms with van der Waals surface area (Å²) in [5.74, 6) is 0.392. The minimum Gasteiger partial charge on any atom is -0.356 e. The molecule has 1 aliphatic rings. The van der Waals surface area contributed by atoms with Gasteiger partial charge in [0.2, 0.25) is 5.91 Å². The fraction of sp³-hybridized carbons (Fsp3) is 0.917. The summed E-state index contributed by atoms with van der Waals surface area (Å²) in [4.78, 5) is 14.2. The molecule has 0 radical (unpaired) electrons. The Morgan fingerprint density at radius 1 is 1.47 bits per heavy atom. The Morgan fingerprint density at radius 2 is 2.00 bits per heavy atom.